The summed E-state index contributed by atoms with van der Waals surface area (Å²) in [6.45, 7) is 0. The number of rotatable bonds is 1. The molecular formula is C5H6BrN3O. The van der Waals surface area contributed by atoms with E-state index in [-0.39, 0.29) is 5.69 Å². The summed E-state index contributed by atoms with van der Waals surface area (Å²) in [7, 11) is 0. The Labute approximate surface area is 65.9 Å². The predicted octanol–water partition coefficient (Wildman–Crippen LogP) is 0.0633. The van der Waals surface area contributed by atoms with Gasteiger partial charge in [-0.05, 0) is 22.0 Å². The Hall–Kier alpha value is -0.970. The van der Waals surface area contributed by atoms with Crippen LogP contribution >= 0.6 is 15.9 Å². The van der Waals surface area contributed by atoms with Crippen molar-refractivity contribution in [2.45, 2.75) is 0 Å². The first kappa shape index (κ1) is 7.14. The van der Waals surface area contributed by atoms with Crippen molar-refractivity contribution in [3.8, 4) is 0 Å². The number of primary amides is 1. The van der Waals surface area contributed by atoms with Crippen molar-refractivity contribution in [2.24, 2.45) is 5.73 Å². The van der Waals surface area contributed by atoms with Gasteiger partial charge in [0.25, 0.3) is 5.91 Å². The van der Waals surface area contributed by atoms with Gasteiger partial charge in [0.1, 0.15) is 5.69 Å². The molecule has 0 radical (unpaired) electrons. The summed E-state index contributed by atoms with van der Waals surface area (Å²) < 4.78 is 1.91. The van der Waals surface area contributed by atoms with E-state index in [1.54, 1.807) is 12.3 Å². The Bertz CT molecular complexity index is 268. The van der Waals surface area contributed by atoms with E-state index >= 15 is 0 Å². The second-order valence-corrected chi connectivity index (χ2v) is 2.73. The van der Waals surface area contributed by atoms with Crippen molar-refractivity contribution in [1.29, 1.82) is 0 Å². The Balaban J connectivity index is 3.15. The zero-order valence-electron chi connectivity index (χ0n) is 5.04. The van der Waals surface area contributed by atoms with Crippen molar-refractivity contribution >= 4 is 21.8 Å². The van der Waals surface area contributed by atoms with Crippen LogP contribution in [0.4, 0.5) is 0 Å². The number of hydrogen-bond donors (Lipinski definition) is 2. The van der Waals surface area contributed by atoms with Gasteiger partial charge in [-0.15, -0.1) is 0 Å². The van der Waals surface area contributed by atoms with Gasteiger partial charge in [0.05, 0.1) is 0 Å². The van der Waals surface area contributed by atoms with Gasteiger partial charge in [0.15, 0.2) is 0 Å². The first-order valence-corrected chi connectivity index (χ1v) is 3.33. The highest BCUT2D eigenvalue weighted by atomic mass is 79.9. The van der Waals surface area contributed by atoms with Crippen LogP contribution in [0.3, 0.4) is 0 Å². The lowest BCUT2D eigenvalue weighted by molar-refractivity contribution is 0.0993. The molecule has 1 aromatic heterocycles. The number of carbonyl (C=O) groups is 1. The number of nitrogens with zero attached hydrogens (tertiary/aromatic N) is 1. The van der Waals surface area contributed by atoms with Crippen LogP contribution in [0, 0.1) is 0 Å². The van der Waals surface area contributed by atoms with E-state index in [2.05, 4.69) is 15.9 Å². The lowest BCUT2D eigenvalue weighted by Gasteiger charge is -1.94. The van der Waals surface area contributed by atoms with Gasteiger partial charge in [-0.3, -0.25) is 9.47 Å². The van der Waals surface area contributed by atoms with Crippen LogP contribution in [0.15, 0.2) is 16.7 Å². The molecule has 0 saturated carbocycles. The lowest BCUT2D eigenvalue weighted by Crippen LogP contribution is -2.20. The van der Waals surface area contributed by atoms with Crippen LogP contribution < -0.4 is 11.6 Å². The van der Waals surface area contributed by atoms with Crippen molar-refractivity contribution in [3.05, 3.63) is 22.4 Å². The standard InChI is InChI=1S/C5H6BrN3O/c6-3-1-4(5(7)10)9(8)2-3/h1-2H,8H2,(H2,7,10). The van der Waals surface area contributed by atoms with E-state index in [0.717, 1.165) is 4.47 Å². The summed E-state index contributed by atoms with van der Waals surface area (Å²) in [4.78, 5) is 10.5. The third-order valence-corrected chi connectivity index (χ3v) is 1.50. The summed E-state index contributed by atoms with van der Waals surface area (Å²) in [5, 5.41) is 0. The highest BCUT2D eigenvalue weighted by molar-refractivity contribution is 9.10. The van der Waals surface area contributed by atoms with Crippen molar-refractivity contribution in [3.63, 3.8) is 0 Å². The molecule has 1 amide bonds. The predicted molar refractivity (Wildman–Crippen MR) is 40.8 cm³/mol. The number of nitrogens with two attached hydrogens (primary N) is 2. The molecule has 0 aliphatic heterocycles. The summed E-state index contributed by atoms with van der Waals surface area (Å²) >= 11 is 3.14. The van der Waals surface area contributed by atoms with Gasteiger partial charge in [-0.1, -0.05) is 0 Å². The number of nitrogen functional groups attached to an aromatic ring is 1. The fourth-order valence-electron chi connectivity index (χ4n) is 0.643. The molecule has 0 aliphatic rings. The minimum atomic E-state index is -0.534. The molecular weight excluding hydrogens is 198 g/mol. The molecule has 0 bridgehead atoms. The molecule has 0 saturated heterocycles. The minimum Gasteiger partial charge on any atom is -0.364 e. The fourth-order valence-corrected chi connectivity index (χ4v) is 1.08. The van der Waals surface area contributed by atoms with Gasteiger partial charge in [-0.2, -0.15) is 0 Å². The molecule has 5 heteroatoms. The molecule has 1 heterocycles. The Morgan fingerprint density at radius 3 is 2.50 bits per heavy atom. The van der Waals surface area contributed by atoms with Gasteiger partial charge in [0.2, 0.25) is 0 Å². The second-order valence-electron chi connectivity index (χ2n) is 1.82. The van der Waals surface area contributed by atoms with Crippen LogP contribution in [-0.4, -0.2) is 10.6 Å². The summed E-state index contributed by atoms with van der Waals surface area (Å²) in [6.07, 6.45) is 1.56. The average Bonchev–Trinajstić information content (AvgIpc) is 2.10. The van der Waals surface area contributed by atoms with Crippen molar-refractivity contribution in [1.82, 2.24) is 4.68 Å². The maximum absolute atomic E-state index is 10.5. The molecule has 0 aromatic carbocycles. The number of hydrogen-bond acceptors (Lipinski definition) is 2. The van der Waals surface area contributed by atoms with Gasteiger partial charge < -0.3 is 11.6 Å². The number of amides is 1. The SMILES string of the molecule is NC(=O)c1cc(Br)cn1N. The third kappa shape index (κ3) is 1.13. The summed E-state index contributed by atoms with van der Waals surface area (Å²) in [5.74, 6) is 4.79. The number of halogens is 1. The Morgan fingerprint density at radius 2 is 2.30 bits per heavy atom. The van der Waals surface area contributed by atoms with E-state index in [0.29, 0.717) is 0 Å². The highest BCUT2D eigenvalue weighted by Gasteiger charge is 2.05. The number of aromatic nitrogens is 1. The molecule has 0 fully saturated rings. The summed E-state index contributed by atoms with van der Waals surface area (Å²) in [5.41, 5.74) is 5.25. The van der Waals surface area contributed by atoms with Crippen LogP contribution in [0.2, 0.25) is 0 Å². The summed E-state index contributed by atoms with van der Waals surface area (Å²) in [6, 6.07) is 1.56. The van der Waals surface area contributed by atoms with Crippen molar-refractivity contribution < 1.29 is 4.79 Å². The molecule has 1 rings (SSSR count). The average molecular weight is 204 g/mol. The fraction of sp³-hybridized carbons (Fsp3) is 0. The molecule has 0 aliphatic carbocycles. The normalized spacial score (nSPS) is 9.70. The molecule has 0 atom stereocenters. The first-order valence-electron chi connectivity index (χ1n) is 2.54. The largest absolute Gasteiger partial charge is 0.364 e. The van der Waals surface area contributed by atoms with Gasteiger partial charge in [-0.25, -0.2) is 0 Å². The minimum absolute atomic E-state index is 0.284. The van der Waals surface area contributed by atoms with E-state index in [4.69, 9.17) is 11.6 Å². The van der Waals surface area contributed by atoms with Crippen LogP contribution in [0.5, 0.6) is 0 Å². The molecule has 0 unspecified atom stereocenters. The zero-order chi connectivity index (χ0) is 7.72. The molecule has 54 valence electrons. The van der Waals surface area contributed by atoms with E-state index in [9.17, 15) is 4.79 Å². The monoisotopic (exact) mass is 203 g/mol. The zero-order valence-corrected chi connectivity index (χ0v) is 6.63. The Morgan fingerprint density at radius 1 is 1.70 bits per heavy atom. The molecule has 1 aromatic rings. The van der Waals surface area contributed by atoms with Crippen LogP contribution in [0.1, 0.15) is 10.5 Å². The lowest BCUT2D eigenvalue weighted by atomic mass is 10.4. The number of carbonyl (C=O) groups excluding carboxylic acids is 1. The van der Waals surface area contributed by atoms with E-state index in [1.165, 1.54) is 4.68 Å². The third-order valence-electron chi connectivity index (χ3n) is 1.07. The van der Waals surface area contributed by atoms with Crippen LogP contribution in [-0.2, 0) is 0 Å². The van der Waals surface area contributed by atoms with Gasteiger partial charge in [0, 0.05) is 10.7 Å². The van der Waals surface area contributed by atoms with E-state index < -0.39 is 5.91 Å². The first-order chi connectivity index (χ1) is 4.61. The molecule has 0 spiro atoms. The smallest absolute Gasteiger partial charge is 0.267 e. The molecule has 10 heavy (non-hydrogen) atoms. The second kappa shape index (κ2) is 2.34. The van der Waals surface area contributed by atoms with Crippen molar-refractivity contribution in [2.75, 3.05) is 5.84 Å². The quantitative estimate of drug-likeness (QED) is 0.635. The Kier molecular flexibility index (Phi) is 1.67. The highest BCUT2D eigenvalue weighted by Crippen LogP contribution is 2.11. The maximum atomic E-state index is 10.5. The maximum Gasteiger partial charge on any atom is 0.267 e. The van der Waals surface area contributed by atoms with Crippen LogP contribution in [0.25, 0.3) is 0 Å². The molecule has 4 nitrogen and oxygen atoms in total. The topological polar surface area (TPSA) is 74.0 Å². The molecule has 4 N–H and O–H groups in total. The van der Waals surface area contributed by atoms with E-state index in [1.807, 2.05) is 0 Å². The van der Waals surface area contributed by atoms with Gasteiger partial charge >= 0.3 is 0 Å².